The molecular formula is C10H12F3N3O3S. The Kier molecular flexibility index (Phi) is 4.61. The molecule has 1 aromatic rings. The van der Waals surface area contributed by atoms with E-state index < -0.39 is 28.8 Å². The second-order valence-corrected chi connectivity index (χ2v) is 5.48. The van der Waals surface area contributed by atoms with Crippen molar-refractivity contribution in [3.8, 4) is 0 Å². The van der Waals surface area contributed by atoms with Crippen LogP contribution in [0.3, 0.4) is 0 Å². The van der Waals surface area contributed by atoms with Gasteiger partial charge in [0, 0.05) is 5.69 Å². The topological polar surface area (TPSA) is 101 Å². The van der Waals surface area contributed by atoms with Gasteiger partial charge in [0.05, 0.1) is 4.90 Å². The smallest absolute Gasteiger partial charge is 0.329 e. The van der Waals surface area contributed by atoms with Gasteiger partial charge >= 0.3 is 12.2 Å². The number of benzene rings is 1. The van der Waals surface area contributed by atoms with E-state index in [9.17, 15) is 26.4 Å². The highest BCUT2D eigenvalue weighted by molar-refractivity contribution is 7.89. The molecule has 0 fully saturated rings. The molecule has 0 saturated carbocycles. The van der Waals surface area contributed by atoms with E-state index >= 15 is 0 Å². The van der Waals surface area contributed by atoms with E-state index in [1.54, 1.807) is 5.32 Å². The average molecular weight is 311 g/mol. The van der Waals surface area contributed by atoms with Crippen LogP contribution < -0.4 is 15.8 Å². The molecule has 10 heteroatoms. The zero-order valence-corrected chi connectivity index (χ0v) is 11.1. The number of carbonyl (C=O) groups is 1. The highest BCUT2D eigenvalue weighted by Crippen LogP contribution is 2.19. The molecule has 20 heavy (non-hydrogen) atoms. The number of sulfonamides is 1. The van der Waals surface area contributed by atoms with Crippen molar-refractivity contribution in [2.75, 3.05) is 11.9 Å². The third-order valence-corrected chi connectivity index (χ3v) is 3.25. The maximum atomic E-state index is 11.9. The van der Waals surface area contributed by atoms with Crippen molar-refractivity contribution in [3.05, 3.63) is 23.8 Å². The highest BCUT2D eigenvalue weighted by Gasteiger charge is 2.27. The van der Waals surface area contributed by atoms with Crippen LogP contribution in [0.5, 0.6) is 0 Å². The van der Waals surface area contributed by atoms with Crippen molar-refractivity contribution in [2.24, 2.45) is 5.14 Å². The molecule has 2 amide bonds. The Hall–Kier alpha value is -1.81. The molecule has 0 spiro atoms. The Morgan fingerprint density at radius 2 is 1.95 bits per heavy atom. The summed E-state index contributed by atoms with van der Waals surface area (Å²) < 4.78 is 58.2. The number of anilines is 1. The number of amides is 2. The fourth-order valence-electron chi connectivity index (χ4n) is 1.34. The van der Waals surface area contributed by atoms with Crippen molar-refractivity contribution in [2.45, 2.75) is 18.0 Å². The molecule has 0 aliphatic rings. The van der Waals surface area contributed by atoms with E-state index in [4.69, 9.17) is 5.14 Å². The van der Waals surface area contributed by atoms with Crippen LogP contribution in [0.25, 0.3) is 0 Å². The minimum absolute atomic E-state index is 0.0132. The lowest BCUT2D eigenvalue weighted by Gasteiger charge is -2.11. The van der Waals surface area contributed by atoms with Crippen LogP contribution in [0.1, 0.15) is 5.56 Å². The molecule has 0 bridgehead atoms. The molecular weight excluding hydrogens is 299 g/mol. The fourth-order valence-corrected chi connectivity index (χ4v) is 2.15. The number of halogens is 3. The largest absolute Gasteiger partial charge is 0.405 e. The van der Waals surface area contributed by atoms with E-state index in [0.717, 1.165) is 6.07 Å². The van der Waals surface area contributed by atoms with E-state index in [-0.39, 0.29) is 10.6 Å². The van der Waals surface area contributed by atoms with Crippen LogP contribution >= 0.6 is 0 Å². The quantitative estimate of drug-likeness (QED) is 0.784. The van der Waals surface area contributed by atoms with Gasteiger partial charge in [-0.1, -0.05) is 6.07 Å². The predicted octanol–water partition coefficient (Wildman–Crippen LogP) is 1.33. The van der Waals surface area contributed by atoms with Gasteiger partial charge in [-0.25, -0.2) is 18.4 Å². The Balaban J connectivity index is 2.82. The second-order valence-electron chi connectivity index (χ2n) is 3.95. The third-order valence-electron chi connectivity index (χ3n) is 2.20. The number of hydrogen-bond acceptors (Lipinski definition) is 3. The van der Waals surface area contributed by atoms with Crippen LogP contribution in [0.4, 0.5) is 23.7 Å². The summed E-state index contributed by atoms with van der Waals surface area (Å²) in [5, 5.41) is 8.64. The monoisotopic (exact) mass is 311 g/mol. The maximum absolute atomic E-state index is 11.9. The van der Waals surface area contributed by atoms with Gasteiger partial charge in [0.15, 0.2) is 0 Å². The summed E-state index contributed by atoms with van der Waals surface area (Å²) in [6.07, 6.45) is -4.53. The zero-order valence-electron chi connectivity index (χ0n) is 10.3. The summed E-state index contributed by atoms with van der Waals surface area (Å²) in [6, 6.07) is 2.68. The molecule has 6 nitrogen and oxygen atoms in total. The molecule has 0 aromatic heterocycles. The summed E-state index contributed by atoms with van der Waals surface area (Å²) in [5.74, 6) is 0. The minimum Gasteiger partial charge on any atom is -0.329 e. The molecule has 0 aliphatic carbocycles. The van der Waals surface area contributed by atoms with Gasteiger partial charge in [0.1, 0.15) is 6.54 Å². The van der Waals surface area contributed by atoms with Gasteiger partial charge < -0.3 is 10.6 Å². The predicted molar refractivity (Wildman–Crippen MR) is 65.6 cm³/mol. The molecule has 0 radical (unpaired) electrons. The Morgan fingerprint density at radius 1 is 1.35 bits per heavy atom. The minimum atomic E-state index is -4.53. The van der Waals surface area contributed by atoms with Gasteiger partial charge in [-0.3, -0.25) is 0 Å². The van der Waals surface area contributed by atoms with E-state index in [0.29, 0.717) is 5.56 Å². The number of aryl methyl sites for hydroxylation is 1. The first kappa shape index (κ1) is 16.2. The Morgan fingerprint density at radius 3 is 2.45 bits per heavy atom. The van der Waals surface area contributed by atoms with Gasteiger partial charge in [-0.05, 0) is 24.6 Å². The van der Waals surface area contributed by atoms with Crippen LogP contribution in [0.15, 0.2) is 23.1 Å². The van der Waals surface area contributed by atoms with Crippen LogP contribution in [0.2, 0.25) is 0 Å². The Bertz CT molecular complexity index is 614. The summed E-state index contributed by atoms with van der Waals surface area (Å²) in [7, 11) is -3.98. The average Bonchev–Trinajstić information content (AvgIpc) is 2.27. The van der Waals surface area contributed by atoms with Crippen molar-refractivity contribution >= 4 is 21.7 Å². The van der Waals surface area contributed by atoms with Crippen molar-refractivity contribution in [1.82, 2.24) is 5.32 Å². The third kappa shape index (κ3) is 5.05. The molecule has 1 rings (SSSR count). The summed E-state index contributed by atoms with van der Waals surface area (Å²) in [5.41, 5.74) is 0.369. The van der Waals surface area contributed by atoms with Gasteiger partial charge in [0.2, 0.25) is 10.0 Å². The first-order chi connectivity index (χ1) is 8.99. The summed E-state index contributed by atoms with van der Waals surface area (Å²) in [4.78, 5) is 11.0. The van der Waals surface area contributed by atoms with Crippen LogP contribution in [-0.4, -0.2) is 27.2 Å². The SMILES string of the molecule is Cc1ccc(NC(=O)NCC(F)(F)F)cc1S(N)(=O)=O. The molecule has 0 aliphatic heterocycles. The van der Waals surface area contributed by atoms with Gasteiger partial charge in [-0.2, -0.15) is 13.2 Å². The molecule has 0 atom stereocenters. The lowest BCUT2D eigenvalue weighted by Crippen LogP contribution is -2.36. The standard InChI is InChI=1S/C10H12F3N3O3S/c1-6-2-3-7(4-8(6)20(14,18)19)16-9(17)15-5-10(11,12)13/h2-4H,5H2,1H3,(H2,14,18,19)(H2,15,16,17). The molecule has 0 unspecified atom stereocenters. The van der Waals surface area contributed by atoms with Crippen LogP contribution in [-0.2, 0) is 10.0 Å². The van der Waals surface area contributed by atoms with E-state index in [1.807, 2.05) is 0 Å². The molecule has 0 saturated heterocycles. The lowest BCUT2D eigenvalue weighted by molar-refractivity contribution is -0.122. The van der Waals surface area contributed by atoms with Crippen molar-refractivity contribution in [1.29, 1.82) is 0 Å². The number of alkyl halides is 3. The second kappa shape index (κ2) is 5.67. The first-order valence-electron chi connectivity index (χ1n) is 5.24. The first-order valence-corrected chi connectivity index (χ1v) is 6.79. The van der Waals surface area contributed by atoms with Gasteiger partial charge in [0.25, 0.3) is 0 Å². The zero-order chi connectivity index (χ0) is 15.6. The van der Waals surface area contributed by atoms with E-state index in [1.165, 1.54) is 19.1 Å². The van der Waals surface area contributed by atoms with Gasteiger partial charge in [-0.15, -0.1) is 0 Å². The van der Waals surface area contributed by atoms with Crippen molar-refractivity contribution < 1.29 is 26.4 Å². The van der Waals surface area contributed by atoms with Crippen molar-refractivity contribution in [3.63, 3.8) is 0 Å². The molecule has 112 valence electrons. The normalized spacial score (nSPS) is 12.1. The lowest BCUT2D eigenvalue weighted by atomic mass is 10.2. The number of nitrogens with two attached hydrogens (primary N) is 1. The number of hydrogen-bond donors (Lipinski definition) is 3. The number of rotatable bonds is 3. The summed E-state index contributed by atoms with van der Waals surface area (Å²) >= 11 is 0. The van der Waals surface area contributed by atoms with Crippen LogP contribution in [0, 0.1) is 6.92 Å². The fraction of sp³-hybridized carbons (Fsp3) is 0.300. The van der Waals surface area contributed by atoms with E-state index in [2.05, 4.69) is 5.32 Å². The highest BCUT2D eigenvalue weighted by atomic mass is 32.2. The molecule has 4 N–H and O–H groups in total. The number of carbonyl (C=O) groups excluding carboxylic acids is 1. The summed E-state index contributed by atoms with van der Waals surface area (Å²) in [6.45, 7) is -0.0000133. The number of urea groups is 1. The number of primary sulfonamides is 1. The molecule has 0 heterocycles. The number of nitrogens with one attached hydrogen (secondary N) is 2. The Labute approximate surface area is 113 Å². The maximum Gasteiger partial charge on any atom is 0.405 e. The molecule has 1 aromatic carbocycles.